The fourth-order valence-electron chi connectivity index (χ4n) is 2.31. The lowest BCUT2D eigenvalue weighted by atomic mass is 10.1. The molecule has 0 spiro atoms. The molecular formula is C15H13NO3. The van der Waals surface area contributed by atoms with Crippen LogP contribution in [0.3, 0.4) is 0 Å². The van der Waals surface area contributed by atoms with Gasteiger partial charge in [-0.15, -0.1) is 0 Å². The molecule has 0 bridgehead atoms. The maximum Gasteiger partial charge on any atom is 0.352 e. The van der Waals surface area contributed by atoms with Gasteiger partial charge in [0.2, 0.25) is 0 Å². The third kappa shape index (κ3) is 1.73. The standard InChI is InChI=1S/C15H13NO3/c1-9-4-3-5-13-10(9)8-14(19-13)11-6-7-12(15(17)18)16(11)2/h3-8H,1-2H3,(H,17,18). The van der Waals surface area contributed by atoms with Crippen LogP contribution in [-0.2, 0) is 7.05 Å². The molecule has 0 unspecified atom stereocenters. The quantitative estimate of drug-likeness (QED) is 0.763. The van der Waals surface area contributed by atoms with Crippen molar-refractivity contribution < 1.29 is 14.3 Å². The first-order valence-electron chi connectivity index (χ1n) is 5.96. The third-order valence-corrected chi connectivity index (χ3v) is 3.37. The van der Waals surface area contributed by atoms with Gasteiger partial charge in [0.1, 0.15) is 11.3 Å². The Labute approximate surface area is 109 Å². The molecule has 4 nitrogen and oxygen atoms in total. The normalized spacial score (nSPS) is 11.1. The maximum absolute atomic E-state index is 11.0. The second-order valence-electron chi connectivity index (χ2n) is 4.57. The molecule has 0 fully saturated rings. The number of furan rings is 1. The molecule has 3 aromatic rings. The van der Waals surface area contributed by atoms with E-state index in [9.17, 15) is 4.79 Å². The minimum Gasteiger partial charge on any atom is -0.477 e. The van der Waals surface area contributed by atoms with Crippen molar-refractivity contribution in [1.82, 2.24) is 4.57 Å². The van der Waals surface area contributed by atoms with Gasteiger partial charge >= 0.3 is 5.97 Å². The maximum atomic E-state index is 11.0. The van der Waals surface area contributed by atoms with E-state index >= 15 is 0 Å². The van der Waals surface area contributed by atoms with Crippen molar-refractivity contribution in [2.75, 3.05) is 0 Å². The van der Waals surface area contributed by atoms with E-state index < -0.39 is 5.97 Å². The zero-order valence-electron chi connectivity index (χ0n) is 10.7. The zero-order chi connectivity index (χ0) is 13.6. The molecule has 0 amide bonds. The summed E-state index contributed by atoms with van der Waals surface area (Å²) >= 11 is 0. The van der Waals surface area contributed by atoms with Gasteiger partial charge in [-0.05, 0) is 36.8 Å². The second kappa shape index (κ2) is 4.02. The van der Waals surface area contributed by atoms with Gasteiger partial charge in [0, 0.05) is 12.4 Å². The number of rotatable bonds is 2. The smallest absolute Gasteiger partial charge is 0.352 e. The van der Waals surface area contributed by atoms with E-state index in [1.54, 1.807) is 23.7 Å². The Bertz CT molecular complexity index is 780. The van der Waals surface area contributed by atoms with Crippen LogP contribution in [0.2, 0.25) is 0 Å². The van der Waals surface area contributed by atoms with E-state index in [4.69, 9.17) is 9.52 Å². The van der Waals surface area contributed by atoms with Crippen LogP contribution in [0.25, 0.3) is 22.4 Å². The Balaban J connectivity index is 2.20. The first-order valence-corrected chi connectivity index (χ1v) is 5.96. The lowest BCUT2D eigenvalue weighted by molar-refractivity contribution is 0.0687. The van der Waals surface area contributed by atoms with E-state index in [1.807, 2.05) is 31.2 Å². The average molecular weight is 255 g/mol. The summed E-state index contributed by atoms with van der Waals surface area (Å²) in [4.78, 5) is 11.0. The Hall–Kier alpha value is -2.49. The number of aryl methyl sites for hydroxylation is 1. The molecule has 1 aromatic carbocycles. The molecule has 4 heteroatoms. The SMILES string of the molecule is Cc1cccc2oc(-c3ccc(C(=O)O)n3C)cc12. The fourth-order valence-corrected chi connectivity index (χ4v) is 2.31. The number of aromatic carboxylic acids is 1. The zero-order valence-corrected chi connectivity index (χ0v) is 10.7. The first kappa shape index (κ1) is 11.6. The van der Waals surface area contributed by atoms with E-state index in [2.05, 4.69) is 0 Å². The summed E-state index contributed by atoms with van der Waals surface area (Å²) < 4.78 is 7.42. The number of carbonyl (C=O) groups is 1. The third-order valence-electron chi connectivity index (χ3n) is 3.37. The minimum absolute atomic E-state index is 0.243. The first-order chi connectivity index (χ1) is 9.08. The molecule has 0 radical (unpaired) electrons. The largest absolute Gasteiger partial charge is 0.477 e. The van der Waals surface area contributed by atoms with Crippen LogP contribution < -0.4 is 0 Å². The number of hydrogen-bond acceptors (Lipinski definition) is 2. The van der Waals surface area contributed by atoms with Crippen LogP contribution in [0.4, 0.5) is 0 Å². The molecule has 0 aliphatic carbocycles. The van der Waals surface area contributed by atoms with Crippen molar-refractivity contribution in [3.63, 3.8) is 0 Å². The number of nitrogens with zero attached hydrogens (tertiary/aromatic N) is 1. The monoisotopic (exact) mass is 255 g/mol. The molecule has 19 heavy (non-hydrogen) atoms. The molecule has 0 saturated heterocycles. The van der Waals surface area contributed by atoms with E-state index in [-0.39, 0.29) is 5.69 Å². The average Bonchev–Trinajstić information content (AvgIpc) is 2.93. The predicted molar refractivity (Wildman–Crippen MR) is 72.3 cm³/mol. The Morgan fingerprint density at radius 3 is 2.68 bits per heavy atom. The van der Waals surface area contributed by atoms with Gasteiger partial charge in [-0.2, -0.15) is 0 Å². The van der Waals surface area contributed by atoms with Gasteiger partial charge in [0.05, 0.1) is 5.69 Å². The fraction of sp³-hybridized carbons (Fsp3) is 0.133. The van der Waals surface area contributed by atoms with Gasteiger partial charge in [-0.25, -0.2) is 4.79 Å². The molecular weight excluding hydrogens is 242 g/mol. The van der Waals surface area contributed by atoms with Crippen molar-refractivity contribution in [2.45, 2.75) is 6.92 Å². The van der Waals surface area contributed by atoms with Crippen LogP contribution in [0.15, 0.2) is 40.8 Å². The summed E-state index contributed by atoms with van der Waals surface area (Å²) in [5.41, 5.74) is 2.95. The summed E-state index contributed by atoms with van der Waals surface area (Å²) in [5, 5.41) is 10.1. The number of carboxylic acids is 1. The Morgan fingerprint density at radius 2 is 2.05 bits per heavy atom. The molecule has 1 N–H and O–H groups in total. The van der Waals surface area contributed by atoms with Gasteiger partial charge in [-0.3, -0.25) is 0 Å². The molecule has 0 aliphatic rings. The van der Waals surface area contributed by atoms with Crippen molar-refractivity contribution in [3.05, 3.63) is 47.7 Å². The summed E-state index contributed by atoms with van der Waals surface area (Å²) in [5.74, 6) is -0.264. The van der Waals surface area contributed by atoms with E-state index in [1.165, 1.54) is 0 Å². The molecule has 2 heterocycles. The van der Waals surface area contributed by atoms with Crippen molar-refractivity contribution in [2.24, 2.45) is 7.05 Å². The summed E-state index contributed by atoms with van der Waals surface area (Å²) in [6, 6.07) is 11.2. The number of hydrogen-bond donors (Lipinski definition) is 1. The summed E-state index contributed by atoms with van der Waals surface area (Å²) in [6.45, 7) is 2.02. The van der Waals surface area contributed by atoms with Crippen LogP contribution in [0.1, 0.15) is 16.1 Å². The number of aromatic nitrogens is 1. The lowest BCUT2D eigenvalue weighted by Gasteiger charge is -2.01. The van der Waals surface area contributed by atoms with Crippen molar-refractivity contribution in [1.29, 1.82) is 0 Å². The van der Waals surface area contributed by atoms with Crippen molar-refractivity contribution in [3.8, 4) is 11.5 Å². The highest BCUT2D eigenvalue weighted by Crippen LogP contribution is 2.30. The van der Waals surface area contributed by atoms with E-state index in [0.717, 1.165) is 22.2 Å². The minimum atomic E-state index is -0.943. The van der Waals surface area contributed by atoms with Crippen LogP contribution in [0, 0.1) is 6.92 Å². The van der Waals surface area contributed by atoms with E-state index in [0.29, 0.717) is 5.76 Å². The van der Waals surface area contributed by atoms with Gasteiger partial charge < -0.3 is 14.1 Å². The second-order valence-corrected chi connectivity index (χ2v) is 4.57. The Kier molecular flexibility index (Phi) is 2.45. The molecule has 3 rings (SSSR count). The highest BCUT2D eigenvalue weighted by atomic mass is 16.4. The van der Waals surface area contributed by atoms with Crippen molar-refractivity contribution >= 4 is 16.9 Å². The lowest BCUT2D eigenvalue weighted by Crippen LogP contribution is -2.04. The number of fused-ring (bicyclic) bond motifs is 1. The van der Waals surface area contributed by atoms with Crippen LogP contribution in [-0.4, -0.2) is 15.6 Å². The van der Waals surface area contributed by atoms with Crippen LogP contribution in [0.5, 0.6) is 0 Å². The number of carboxylic acid groups (broad SMARTS) is 1. The summed E-state index contributed by atoms with van der Waals surface area (Å²) in [7, 11) is 1.72. The molecule has 0 aliphatic heterocycles. The molecule has 0 atom stereocenters. The topological polar surface area (TPSA) is 55.4 Å². The predicted octanol–water partition coefficient (Wildman–Crippen LogP) is 3.44. The molecule has 96 valence electrons. The van der Waals surface area contributed by atoms with Crippen LogP contribution >= 0.6 is 0 Å². The number of benzene rings is 1. The van der Waals surface area contributed by atoms with Gasteiger partial charge in [0.15, 0.2) is 5.76 Å². The highest BCUT2D eigenvalue weighted by Gasteiger charge is 2.15. The molecule has 2 aromatic heterocycles. The van der Waals surface area contributed by atoms with Gasteiger partial charge in [-0.1, -0.05) is 12.1 Å². The molecule has 0 saturated carbocycles. The summed E-state index contributed by atoms with van der Waals surface area (Å²) in [6.07, 6.45) is 0. The highest BCUT2D eigenvalue weighted by molar-refractivity contribution is 5.89. The van der Waals surface area contributed by atoms with Gasteiger partial charge in [0.25, 0.3) is 0 Å². The Morgan fingerprint density at radius 1 is 1.26 bits per heavy atom.